The SMILES string of the molecule is CCCNC(CC(C)CC)c1cc(F)c(Br)cc1F. The lowest BCUT2D eigenvalue weighted by atomic mass is 9.93. The van der Waals surface area contributed by atoms with Crippen LogP contribution in [0, 0.1) is 17.6 Å². The second kappa shape index (κ2) is 7.95. The molecule has 0 amide bonds. The van der Waals surface area contributed by atoms with Crippen molar-refractivity contribution < 1.29 is 8.78 Å². The molecule has 4 heteroatoms. The van der Waals surface area contributed by atoms with Crippen molar-refractivity contribution in [2.45, 2.75) is 46.1 Å². The highest BCUT2D eigenvalue weighted by Gasteiger charge is 2.19. The molecule has 1 N–H and O–H groups in total. The minimum absolute atomic E-state index is 0.127. The lowest BCUT2D eigenvalue weighted by Gasteiger charge is -2.23. The maximum atomic E-state index is 14.0. The molecule has 0 aliphatic carbocycles. The number of halogens is 3. The van der Waals surface area contributed by atoms with Crippen LogP contribution in [0.25, 0.3) is 0 Å². The molecule has 0 spiro atoms. The first kappa shape index (κ1) is 16.6. The van der Waals surface area contributed by atoms with E-state index in [1.165, 1.54) is 12.1 Å². The van der Waals surface area contributed by atoms with Crippen LogP contribution in [0.1, 0.15) is 51.6 Å². The van der Waals surface area contributed by atoms with Gasteiger partial charge in [-0.1, -0.05) is 27.2 Å². The van der Waals surface area contributed by atoms with Crippen LogP contribution in [0.2, 0.25) is 0 Å². The van der Waals surface area contributed by atoms with Crippen LogP contribution in [-0.4, -0.2) is 6.54 Å². The Labute approximate surface area is 122 Å². The van der Waals surface area contributed by atoms with Crippen LogP contribution >= 0.6 is 15.9 Å². The minimum atomic E-state index is -0.413. The average molecular weight is 334 g/mol. The van der Waals surface area contributed by atoms with Gasteiger partial charge in [-0.05, 0) is 53.4 Å². The van der Waals surface area contributed by atoms with E-state index >= 15 is 0 Å². The van der Waals surface area contributed by atoms with Crippen LogP contribution in [0.15, 0.2) is 16.6 Å². The molecule has 19 heavy (non-hydrogen) atoms. The molecule has 0 heterocycles. The smallest absolute Gasteiger partial charge is 0.137 e. The standard InChI is InChI=1S/C15H22BrF2N/c1-4-6-19-15(7-10(3)5-2)11-8-14(18)12(16)9-13(11)17/h8-10,15,19H,4-7H2,1-3H3. The van der Waals surface area contributed by atoms with Crippen molar-refractivity contribution in [2.75, 3.05) is 6.54 Å². The molecule has 0 fully saturated rings. The van der Waals surface area contributed by atoms with Gasteiger partial charge in [0.05, 0.1) is 4.47 Å². The maximum Gasteiger partial charge on any atom is 0.137 e. The molecule has 0 bridgehead atoms. The number of hydrogen-bond acceptors (Lipinski definition) is 1. The molecule has 0 radical (unpaired) electrons. The van der Waals surface area contributed by atoms with Crippen LogP contribution in [-0.2, 0) is 0 Å². The van der Waals surface area contributed by atoms with Crippen molar-refractivity contribution in [1.82, 2.24) is 5.32 Å². The van der Waals surface area contributed by atoms with E-state index < -0.39 is 5.82 Å². The molecular formula is C15H22BrF2N. The van der Waals surface area contributed by atoms with Crippen LogP contribution in [0.4, 0.5) is 8.78 Å². The fraction of sp³-hybridized carbons (Fsp3) is 0.600. The molecule has 1 aromatic carbocycles. The normalized spacial score (nSPS) is 14.4. The maximum absolute atomic E-state index is 14.0. The molecule has 2 unspecified atom stereocenters. The first-order valence-electron chi connectivity index (χ1n) is 6.87. The Hall–Kier alpha value is -0.480. The summed E-state index contributed by atoms with van der Waals surface area (Å²) in [6.07, 6.45) is 2.82. The molecule has 1 nitrogen and oxygen atoms in total. The third-order valence-electron chi connectivity index (χ3n) is 3.39. The van der Waals surface area contributed by atoms with Gasteiger partial charge < -0.3 is 5.32 Å². The van der Waals surface area contributed by atoms with Crippen molar-refractivity contribution in [3.05, 3.63) is 33.8 Å². The molecule has 0 aliphatic heterocycles. The van der Waals surface area contributed by atoms with E-state index in [1.807, 2.05) is 0 Å². The lowest BCUT2D eigenvalue weighted by molar-refractivity contribution is 0.390. The Bertz CT molecular complexity index is 409. The Kier molecular flexibility index (Phi) is 6.94. The highest BCUT2D eigenvalue weighted by Crippen LogP contribution is 2.28. The predicted molar refractivity (Wildman–Crippen MR) is 79.2 cm³/mol. The van der Waals surface area contributed by atoms with Crippen molar-refractivity contribution in [3.8, 4) is 0 Å². The number of nitrogens with one attached hydrogen (secondary N) is 1. The Morgan fingerprint density at radius 1 is 1.21 bits per heavy atom. The van der Waals surface area contributed by atoms with E-state index in [0.29, 0.717) is 11.5 Å². The van der Waals surface area contributed by atoms with Gasteiger partial charge in [0.15, 0.2) is 0 Å². The van der Waals surface area contributed by atoms with Crippen molar-refractivity contribution >= 4 is 15.9 Å². The monoisotopic (exact) mass is 333 g/mol. The zero-order valence-electron chi connectivity index (χ0n) is 11.8. The highest BCUT2D eigenvalue weighted by atomic mass is 79.9. The van der Waals surface area contributed by atoms with Gasteiger partial charge in [0.1, 0.15) is 11.6 Å². The molecule has 0 aliphatic rings. The molecule has 0 saturated heterocycles. The van der Waals surface area contributed by atoms with E-state index in [0.717, 1.165) is 25.8 Å². The van der Waals surface area contributed by atoms with Gasteiger partial charge in [0.25, 0.3) is 0 Å². The van der Waals surface area contributed by atoms with E-state index in [2.05, 4.69) is 42.0 Å². The minimum Gasteiger partial charge on any atom is -0.310 e. The molecule has 2 atom stereocenters. The quantitative estimate of drug-likeness (QED) is 0.676. The van der Waals surface area contributed by atoms with Gasteiger partial charge in [-0.15, -0.1) is 0 Å². The summed E-state index contributed by atoms with van der Waals surface area (Å²) in [7, 11) is 0. The van der Waals surface area contributed by atoms with Crippen LogP contribution in [0.3, 0.4) is 0 Å². The third kappa shape index (κ3) is 4.84. The fourth-order valence-electron chi connectivity index (χ4n) is 2.01. The highest BCUT2D eigenvalue weighted by molar-refractivity contribution is 9.10. The van der Waals surface area contributed by atoms with Gasteiger partial charge >= 0.3 is 0 Å². The van der Waals surface area contributed by atoms with E-state index in [9.17, 15) is 8.78 Å². The van der Waals surface area contributed by atoms with E-state index in [-0.39, 0.29) is 16.3 Å². The molecule has 1 rings (SSSR count). The van der Waals surface area contributed by atoms with E-state index in [4.69, 9.17) is 0 Å². The summed E-state index contributed by atoms with van der Waals surface area (Å²) in [6, 6.07) is 2.38. The molecule has 0 saturated carbocycles. The van der Waals surface area contributed by atoms with Gasteiger partial charge in [0, 0.05) is 11.6 Å². The lowest BCUT2D eigenvalue weighted by Crippen LogP contribution is -2.25. The van der Waals surface area contributed by atoms with Gasteiger partial charge in [-0.3, -0.25) is 0 Å². The van der Waals surface area contributed by atoms with Crippen molar-refractivity contribution in [3.63, 3.8) is 0 Å². The number of benzene rings is 1. The molecule has 108 valence electrons. The topological polar surface area (TPSA) is 12.0 Å². The predicted octanol–water partition coefficient (Wildman–Crippen LogP) is 5.20. The summed E-state index contributed by atoms with van der Waals surface area (Å²) in [5.74, 6) is -0.297. The summed E-state index contributed by atoms with van der Waals surface area (Å²) in [6.45, 7) is 7.11. The Morgan fingerprint density at radius 2 is 1.89 bits per heavy atom. The largest absolute Gasteiger partial charge is 0.310 e. The Balaban J connectivity index is 2.98. The molecular weight excluding hydrogens is 312 g/mol. The van der Waals surface area contributed by atoms with Gasteiger partial charge in [-0.25, -0.2) is 8.78 Å². The zero-order valence-corrected chi connectivity index (χ0v) is 13.4. The van der Waals surface area contributed by atoms with Gasteiger partial charge in [0.2, 0.25) is 0 Å². The Morgan fingerprint density at radius 3 is 2.47 bits per heavy atom. The summed E-state index contributed by atoms with van der Waals surface area (Å²) in [5, 5.41) is 3.32. The number of hydrogen-bond donors (Lipinski definition) is 1. The van der Waals surface area contributed by atoms with Gasteiger partial charge in [-0.2, -0.15) is 0 Å². The average Bonchev–Trinajstić information content (AvgIpc) is 2.38. The van der Waals surface area contributed by atoms with E-state index in [1.54, 1.807) is 0 Å². The molecule has 0 aromatic heterocycles. The fourth-order valence-corrected chi connectivity index (χ4v) is 2.33. The summed E-state index contributed by atoms with van der Waals surface area (Å²) < 4.78 is 27.8. The summed E-state index contributed by atoms with van der Waals surface area (Å²) >= 11 is 3.01. The van der Waals surface area contributed by atoms with Crippen molar-refractivity contribution in [2.24, 2.45) is 5.92 Å². The van der Waals surface area contributed by atoms with Crippen LogP contribution in [0.5, 0.6) is 0 Å². The summed E-state index contributed by atoms with van der Waals surface area (Å²) in [5.41, 5.74) is 0.425. The van der Waals surface area contributed by atoms with Crippen molar-refractivity contribution in [1.29, 1.82) is 0 Å². The molecule has 1 aromatic rings. The summed E-state index contributed by atoms with van der Waals surface area (Å²) in [4.78, 5) is 0. The third-order valence-corrected chi connectivity index (χ3v) is 4.00. The zero-order chi connectivity index (χ0) is 14.4. The second-order valence-corrected chi connectivity index (χ2v) is 5.90. The van der Waals surface area contributed by atoms with Crippen LogP contribution < -0.4 is 5.32 Å². The first-order valence-corrected chi connectivity index (χ1v) is 7.66. The second-order valence-electron chi connectivity index (χ2n) is 5.04. The first-order chi connectivity index (χ1) is 8.99. The number of rotatable bonds is 7.